The Hall–Kier alpha value is -3.34. The highest BCUT2D eigenvalue weighted by atomic mass is 127. The minimum absolute atomic E-state index is 0.0795. The molecule has 2 N–H and O–H groups in total. The minimum Gasteiger partial charge on any atom is -0.461 e. The van der Waals surface area contributed by atoms with Crippen LogP contribution in [-0.2, 0) is 39.8 Å². The summed E-state index contributed by atoms with van der Waals surface area (Å²) in [6.45, 7) is 14.9. The van der Waals surface area contributed by atoms with Crippen LogP contribution in [0.5, 0.6) is 0 Å². The molecule has 1 aromatic heterocycles. The number of fused-ring (bicyclic) bond motifs is 5. The van der Waals surface area contributed by atoms with Crippen LogP contribution in [0.3, 0.4) is 0 Å². The lowest BCUT2D eigenvalue weighted by Gasteiger charge is -2.49. The maximum Gasteiger partial charge on any atom is 0.313 e. The number of esters is 2. The van der Waals surface area contributed by atoms with Gasteiger partial charge in [-0.15, -0.1) is 0 Å². The number of nitrogens with zero attached hydrogens (tertiary/aromatic N) is 3. The molecular weight excluding hydrogens is 913 g/mol. The van der Waals surface area contributed by atoms with E-state index in [1.807, 2.05) is 92.7 Å². The van der Waals surface area contributed by atoms with Crippen LogP contribution in [0, 0.1) is 35.0 Å². The number of allylic oxidation sites excluding steroid dienone is 3. The maximum atomic E-state index is 14.5. The summed E-state index contributed by atoms with van der Waals surface area (Å²) in [6.07, 6.45) is 8.67. The highest BCUT2D eigenvalue weighted by Crippen LogP contribution is 2.48. The van der Waals surface area contributed by atoms with Crippen molar-refractivity contribution >= 4 is 52.2 Å². The first kappa shape index (κ1) is 50.7. The van der Waals surface area contributed by atoms with Gasteiger partial charge in [-0.2, -0.15) is 0 Å². The van der Waals surface area contributed by atoms with Gasteiger partial charge in [-0.3, -0.25) is 19.4 Å². The average Bonchev–Trinajstić information content (AvgIpc) is 3.24. The van der Waals surface area contributed by atoms with Crippen molar-refractivity contribution in [2.45, 2.75) is 147 Å². The second kappa shape index (κ2) is 22.2. The van der Waals surface area contributed by atoms with Gasteiger partial charge in [-0.1, -0.05) is 87.9 Å². The summed E-state index contributed by atoms with van der Waals surface area (Å²) in [7, 11) is 3.85. The summed E-state index contributed by atoms with van der Waals surface area (Å²) < 4.78 is 25.3. The molecule has 0 unspecified atom stereocenters. The van der Waals surface area contributed by atoms with Gasteiger partial charge in [0, 0.05) is 42.9 Å². The van der Waals surface area contributed by atoms with Crippen molar-refractivity contribution in [2.75, 3.05) is 14.1 Å². The molecule has 3 fully saturated rings. The zero-order valence-corrected chi connectivity index (χ0v) is 40.9. The molecule has 0 spiro atoms. The molecule has 14 atom stereocenters. The lowest BCUT2D eigenvalue weighted by atomic mass is 9.65. The number of halogens is 1. The number of benzene rings is 1. The van der Waals surface area contributed by atoms with Gasteiger partial charge in [0.25, 0.3) is 0 Å². The molecule has 2 saturated heterocycles. The second-order valence-electron chi connectivity index (χ2n) is 19.1. The van der Waals surface area contributed by atoms with E-state index in [2.05, 4.69) is 37.1 Å². The molecule has 5 rings (SSSR count). The Morgan fingerprint density at radius 1 is 1.05 bits per heavy atom. The van der Waals surface area contributed by atoms with E-state index in [-0.39, 0.29) is 30.4 Å². The summed E-state index contributed by atoms with van der Waals surface area (Å²) >= 11 is 2.00. The number of rotatable bonds is 8. The van der Waals surface area contributed by atoms with Crippen molar-refractivity contribution in [2.24, 2.45) is 40.0 Å². The second-order valence-corrected chi connectivity index (χ2v) is 20.2. The number of cyclic esters (lactones) is 1. The number of aliphatic hydroxyl groups is 2. The number of aliphatic imine (C=N–C) groups is 1. The number of ether oxygens (including phenoxy) is 4. The van der Waals surface area contributed by atoms with Crippen LogP contribution in [-0.4, -0.2) is 104 Å². The smallest absolute Gasteiger partial charge is 0.313 e. The molecule has 2 bridgehead atoms. The lowest BCUT2D eigenvalue weighted by molar-refractivity contribution is -0.292. The Morgan fingerprint density at radius 2 is 1.76 bits per heavy atom. The van der Waals surface area contributed by atoms with Gasteiger partial charge in [0.15, 0.2) is 10.4 Å². The molecule has 63 heavy (non-hydrogen) atoms. The topological polar surface area (TPSA) is 157 Å². The molecule has 1 aromatic carbocycles. The number of alkyl halides is 1. The Balaban J connectivity index is 1.74. The third kappa shape index (κ3) is 12.9. The van der Waals surface area contributed by atoms with Crippen molar-refractivity contribution in [1.29, 1.82) is 0 Å². The van der Waals surface area contributed by atoms with Gasteiger partial charge in [0.05, 0.1) is 24.5 Å². The zero-order chi connectivity index (χ0) is 46.2. The van der Waals surface area contributed by atoms with Crippen LogP contribution in [0.2, 0.25) is 0 Å². The summed E-state index contributed by atoms with van der Waals surface area (Å²) in [5, 5.41) is 24.6. The predicted octanol–water partition coefficient (Wildman–Crippen LogP) is 8.17. The van der Waals surface area contributed by atoms with E-state index in [0.29, 0.717) is 49.8 Å². The number of aliphatic hydroxyl groups excluding tert-OH is 1. The number of amides is 1. The minimum atomic E-state index is -1.57. The Kier molecular flexibility index (Phi) is 17.9. The van der Waals surface area contributed by atoms with Crippen LogP contribution < -0.4 is 0 Å². The van der Waals surface area contributed by atoms with Crippen LogP contribution in [0.4, 0.5) is 0 Å². The number of hydrogen-bond acceptors (Lipinski definition) is 11. The molecule has 2 aliphatic heterocycles. The van der Waals surface area contributed by atoms with Gasteiger partial charge in [0.2, 0.25) is 5.91 Å². The van der Waals surface area contributed by atoms with E-state index in [9.17, 15) is 24.6 Å². The molecule has 3 aliphatic rings. The van der Waals surface area contributed by atoms with Crippen molar-refractivity contribution in [3.05, 3.63) is 83.7 Å². The zero-order valence-electron chi connectivity index (χ0n) is 38.8. The number of hydrogen-bond donors (Lipinski definition) is 2. The van der Waals surface area contributed by atoms with Gasteiger partial charge in [-0.05, 0) is 130 Å². The average molecular weight is 984 g/mol. The third-order valence-corrected chi connectivity index (χ3v) is 15.2. The molecule has 13 heteroatoms. The number of likely N-dealkylation sites (N-methyl/N-ethyl adjacent to an activating group) is 1. The monoisotopic (exact) mass is 983 g/mol. The van der Waals surface area contributed by atoms with E-state index < -0.39 is 75.3 Å². The number of aromatic nitrogens is 1. The van der Waals surface area contributed by atoms with Crippen LogP contribution in [0.1, 0.15) is 105 Å². The van der Waals surface area contributed by atoms with Gasteiger partial charge in [0.1, 0.15) is 17.8 Å². The lowest BCUT2D eigenvalue weighted by Crippen LogP contribution is -2.58. The first-order valence-electron chi connectivity index (χ1n) is 22.5. The quantitative estimate of drug-likeness (QED) is 0.149. The first-order valence-corrected chi connectivity index (χ1v) is 23.8. The van der Waals surface area contributed by atoms with Gasteiger partial charge < -0.3 is 34.1 Å². The van der Waals surface area contributed by atoms with Crippen LogP contribution >= 0.6 is 22.6 Å². The maximum absolute atomic E-state index is 14.5. The van der Waals surface area contributed by atoms with E-state index in [1.165, 1.54) is 6.92 Å². The Morgan fingerprint density at radius 3 is 2.41 bits per heavy atom. The SMILES string of the molecule is CC(=O)N=C1[C@H](C)C[C@@]2(C)CC/C(=C/C=C/c3ccccc3)CC[C@H]([C@H]1C)[C@](C)(O)[C@@H](I)OC(=O)[C@H](C)[C@@H](OC(=O)Cc1cccnc1)[C@H](C)[C@H]2O[C@@H]1O[C@H](C)C[C@H](N(C)C)[C@H]1O. The van der Waals surface area contributed by atoms with Gasteiger partial charge in [-0.25, -0.2) is 4.99 Å². The summed E-state index contributed by atoms with van der Waals surface area (Å²) in [6, 6.07) is 13.4. The van der Waals surface area contributed by atoms with Crippen LogP contribution in [0.15, 0.2) is 77.6 Å². The normalized spacial score (nSPS) is 37.5. The molecule has 2 aromatic rings. The molecule has 1 saturated carbocycles. The Labute approximate surface area is 388 Å². The third-order valence-electron chi connectivity index (χ3n) is 13.7. The molecule has 3 heterocycles. The number of pyridine rings is 1. The predicted molar refractivity (Wildman–Crippen MR) is 253 cm³/mol. The molecule has 12 nitrogen and oxygen atoms in total. The van der Waals surface area contributed by atoms with Crippen molar-refractivity contribution in [3.63, 3.8) is 0 Å². The van der Waals surface area contributed by atoms with E-state index in [1.54, 1.807) is 38.4 Å². The molecule has 1 amide bonds. The molecular formula is C50H70IN3O9. The molecule has 1 aliphatic carbocycles. The Bertz CT molecular complexity index is 1940. The first-order chi connectivity index (χ1) is 29.7. The molecule has 0 radical (unpaired) electrons. The van der Waals surface area contributed by atoms with Gasteiger partial charge >= 0.3 is 11.9 Å². The van der Waals surface area contributed by atoms with Crippen LogP contribution in [0.25, 0.3) is 6.08 Å². The summed E-state index contributed by atoms with van der Waals surface area (Å²) in [5.74, 6) is -4.41. The van der Waals surface area contributed by atoms with E-state index >= 15 is 0 Å². The standard InChI is InChI=1S/C50H70IN3O9/c1-30-28-49(7)24-23-37(19-14-18-36-16-12-11-13-17-36)21-22-39(32(3)42(30)53-35(6)55)50(8,59)48(51)63-46(58)34(5)44(61-41(56)27-38-20-15-25-52-29-38)33(4)45(49)62-47-43(57)40(54(9)10)26-31(2)60-47/h11-20,25,29-34,39-40,43-45,47-48,57,59H,21-24,26-28H2,1-10H3/b18-14+,37-19+,53-42?/t30-,31-,32-,33+,34-,39-,40+,43-,44+,45-,47+,48+,49-,50+/m1/s1. The van der Waals surface area contributed by atoms with Crippen molar-refractivity contribution in [3.8, 4) is 0 Å². The number of carbonyl (C=O) groups excluding carboxylic acids is 3. The highest BCUT2D eigenvalue weighted by Gasteiger charge is 2.52. The van der Waals surface area contributed by atoms with E-state index in [4.69, 9.17) is 23.9 Å². The fourth-order valence-electron chi connectivity index (χ4n) is 10.3. The summed E-state index contributed by atoms with van der Waals surface area (Å²) in [4.78, 5) is 52.3. The van der Waals surface area contributed by atoms with Crippen molar-refractivity contribution < 1.29 is 43.5 Å². The molecule has 346 valence electrons. The highest BCUT2D eigenvalue weighted by molar-refractivity contribution is 14.1. The summed E-state index contributed by atoms with van der Waals surface area (Å²) in [5.41, 5.74) is 1.17. The fraction of sp³-hybridized carbons (Fsp3) is 0.620. The van der Waals surface area contributed by atoms with Crippen molar-refractivity contribution in [1.82, 2.24) is 9.88 Å². The fourth-order valence-corrected chi connectivity index (χ4v) is 11.0. The largest absolute Gasteiger partial charge is 0.461 e. The van der Waals surface area contributed by atoms with E-state index in [0.717, 1.165) is 11.1 Å². The number of carbonyl (C=O) groups is 3.